The number of nitrogens with zero attached hydrogens (tertiary/aromatic N) is 2. The van der Waals surface area contributed by atoms with Crippen molar-refractivity contribution in [3.05, 3.63) is 53.9 Å². The van der Waals surface area contributed by atoms with Crippen molar-refractivity contribution in [2.45, 2.75) is 11.0 Å². The average Bonchev–Trinajstić information content (AvgIpc) is 2.95. The average molecular weight is 300 g/mol. The van der Waals surface area contributed by atoms with E-state index in [0.29, 0.717) is 16.4 Å². The van der Waals surface area contributed by atoms with Gasteiger partial charge >= 0.3 is 5.97 Å². The van der Waals surface area contributed by atoms with E-state index in [0.717, 1.165) is 16.8 Å². The van der Waals surface area contributed by atoms with Gasteiger partial charge in [-0.25, -0.2) is 9.78 Å². The third kappa shape index (κ3) is 3.05. The van der Waals surface area contributed by atoms with Gasteiger partial charge in [-0.2, -0.15) is 0 Å². The molecule has 106 valence electrons. The predicted octanol–water partition coefficient (Wildman–Crippen LogP) is 3.30. The van der Waals surface area contributed by atoms with E-state index in [1.165, 1.54) is 18.9 Å². The topological polar surface area (TPSA) is 65.2 Å². The van der Waals surface area contributed by atoms with Gasteiger partial charge in [0, 0.05) is 18.1 Å². The SMILES string of the molecule is COC(=O)c1ccc2nc(SCc3ccncc3)oc2c1. The summed E-state index contributed by atoms with van der Waals surface area (Å²) in [5, 5.41) is 0.573. The Bertz CT molecular complexity index is 771. The number of ether oxygens (including phenoxy) is 1. The molecule has 2 heterocycles. The predicted molar refractivity (Wildman–Crippen MR) is 79.1 cm³/mol. The lowest BCUT2D eigenvalue weighted by Gasteiger charge is -1.97. The lowest BCUT2D eigenvalue weighted by molar-refractivity contribution is 0.0601. The molecule has 3 rings (SSSR count). The van der Waals surface area contributed by atoms with Crippen LogP contribution in [0.3, 0.4) is 0 Å². The van der Waals surface area contributed by atoms with Gasteiger partial charge in [0.2, 0.25) is 0 Å². The highest BCUT2D eigenvalue weighted by atomic mass is 32.2. The van der Waals surface area contributed by atoms with Crippen LogP contribution in [0.1, 0.15) is 15.9 Å². The summed E-state index contributed by atoms with van der Waals surface area (Å²) in [6.07, 6.45) is 3.51. The molecule has 3 aromatic rings. The van der Waals surface area contributed by atoms with Crippen LogP contribution in [-0.4, -0.2) is 23.0 Å². The zero-order valence-electron chi connectivity index (χ0n) is 11.3. The summed E-state index contributed by atoms with van der Waals surface area (Å²) in [6.45, 7) is 0. The summed E-state index contributed by atoms with van der Waals surface area (Å²) in [7, 11) is 1.35. The molecule has 0 bridgehead atoms. The zero-order chi connectivity index (χ0) is 14.7. The smallest absolute Gasteiger partial charge is 0.337 e. The molecule has 0 N–H and O–H groups in total. The molecule has 0 amide bonds. The number of benzene rings is 1. The summed E-state index contributed by atoms with van der Waals surface area (Å²) in [5.74, 6) is 0.360. The van der Waals surface area contributed by atoms with E-state index in [2.05, 4.69) is 14.7 Å². The van der Waals surface area contributed by atoms with Gasteiger partial charge in [-0.1, -0.05) is 11.8 Å². The normalized spacial score (nSPS) is 10.7. The molecule has 0 spiro atoms. The molecule has 0 saturated carbocycles. The van der Waals surface area contributed by atoms with Crippen LogP contribution in [0, 0.1) is 0 Å². The fourth-order valence-corrected chi connectivity index (χ4v) is 2.63. The molecule has 0 aliphatic carbocycles. The van der Waals surface area contributed by atoms with Gasteiger partial charge in [0.15, 0.2) is 5.58 Å². The second-order valence-corrected chi connectivity index (χ2v) is 5.22. The lowest BCUT2D eigenvalue weighted by atomic mass is 10.2. The van der Waals surface area contributed by atoms with Crippen LogP contribution in [0.5, 0.6) is 0 Å². The minimum Gasteiger partial charge on any atom is -0.465 e. The maximum atomic E-state index is 11.5. The van der Waals surface area contributed by atoms with Crippen molar-refractivity contribution in [1.82, 2.24) is 9.97 Å². The summed E-state index contributed by atoms with van der Waals surface area (Å²) in [6, 6.07) is 8.97. The number of hydrogen-bond donors (Lipinski definition) is 0. The number of rotatable bonds is 4. The Morgan fingerprint density at radius 2 is 2.10 bits per heavy atom. The van der Waals surface area contributed by atoms with Crippen LogP contribution < -0.4 is 0 Å². The van der Waals surface area contributed by atoms with Gasteiger partial charge in [0.1, 0.15) is 5.52 Å². The Kier molecular flexibility index (Phi) is 3.87. The van der Waals surface area contributed by atoms with Crippen molar-refractivity contribution in [1.29, 1.82) is 0 Å². The lowest BCUT2D eigenvalue weighted by Crippen LogP contribution is -2.00. The molecule has 0 atom stereocenters. The number of methoxy groups -OCH3 is 1. The van der Waals surface area contributed by atoms with Gasteiger partial charge in [-0.3, -0.25) is 4.98 Å². The molecule has 0 radical (unpaired) electrons. The van der Waals surface area contributed by atoms with Gasteiger partial charge in [-0.05, 0) is 35.9 Å². The minimum atomic E-state index is -0.390. The molecule has 5 nitrogen and oxygen atoms in total. The zero-order valence-corrected chi connectivity index (χ0v) is 12.1. The second-order valence-electron chi connectivity index (χ2n) is 4.30. The summed E-state index contributed by atoms with van der Waals surface area (Å²) in [5.41, 5.74) is 2.90. The molecular weight excluding hydrogens is 288 g/mol. The third-order valence-corrected chi connectivity index (χ3v) is 3.80. The van der Waals surface area contributed by atoms with Gasteiger partial charge in [-0.15, -0.1) is 0 Å². The van der Waals surface area contributed by atoms with E-state index in [4.69, 9.17) is 4.42 Å². The first-order valence-corrected chi connectivity index (χ1v) is 7.25. The Labute approximate surface area is 125 Å². The van der Waals surface area contributed by atoms with Gasteiger partial charge in [0.25, 0.3) is 5.22 Å². The second kappa shape index (κ2) is 5.97. The van der Waals surface area contributed by atoms with Crippen LogP contribution in [-0.2, 0) is 10.5 Å². The number of fused-ring (bicyclic) bond motifs is 1. The Morgan fingerprint density at radius 3 is 2.86 bits per heavy atom. The summed E-state index contributed by atoms with van der Waals surface area (Å²) >= 11 is 1.50. The number of pyridine rings is 1. The van der Waals surface area contributed by atoms with Crippen molar-refractivity contribution in [3.8, 4) is 0 Å². The molecule has 1 aromatic carbocycles. The highest BCUT2D eigenvalue weighted by molar-refractivity contribution is 7.98. The van der Waals surface area contributed by atoms with Crippen molar-refractivity contribution in [2.24, 2.45) is 0 Å². The molecule has 6 heteroatoms. The third-order valence-electron chi connectivity index (χ3n) is 2.90. The number of hydrogen-bond acceptors (Lipinski definition) is 6. The Hall–Kier alpha value is -2.34. The van der Waals surface area contributed by atoms with Gasteiger partial charge in [0.05, 0.1) is 12.7 Å². The van der Waals surface area contributed by atoms with Crippen LogP contribution in [0.2, 0.25) is 0 Å². The van der Waals surface area contributed by atoms with E-state index in [1.807, 2.05) is 12.1 Å². The molecule has 0 aliphatic heterocycles. The first-order valence-electron chi connectivity index (χ1n) is 6.27. The van der Waals surface area contributed by atoms with E-state index in [9.17, 15) is 4.79 Å². The van der Waals surface area contributed by atoms with Crippen molar-refractivity contribution in [3.63, 3.8) is 0 Å². The van der Waals surface area contributed by atoms with Gasteiger partial charge < -0.3 is 9.15 Å². The fraction of sp³-hybridized carbons (Fsp3) is 0.133. The monoisotopic (exact) mass is 300 g/mol. The first-order chi connectivity index (χ1) is 10.3. The molecule has 0 saturated heterocycles. The molecule has 0 aliphatic rings. The highest BCUT2D eigenvalue weighted by Gasteiger charge is 2.11. The molecular formula is C15H12N2O3S. The summed E-state index contributed by atoms with van der Waals surface area (Å²) < 4.78 is 10.3. The van der Waals surface area contributed by atoms with E-state index < -0.39 is 0 Å². The number of carbonyl (C=O) groups excluding carboxylic acids is 1. The molecule has 2 aromatic heterocycles. The standard InChI is InChI=1S/C15H12N2O3S/c1-19-14(18)11-2-3-12-13(8-11)20-15(17-12)21-9-10-4-6-16-7-5-10/h2-8H,9H2,1H3. The first kappa shape index (κ1) is 13.6. The highest BCUT2D eigenvalue weighted by Crippen LogP contribution is 2.26. The number of oxazole rings is 1. The van der Waals surface area contributed by atoms with Crippen molar-refractivity contribution >= 4 is 28.8 Å². The van der Waals surface area contributed by atoms with E-state index in [1.54, 1.807) is 30.6 Å². The van der Waals surface area contributed by atoms with Crippen LogP contribution in [0.4, 0.5) is 0 Å². The summed E-state index contributed by atoms with van der Waals surface area (Å²) in [4.78, 5) is 19.8. The van der Waals surface area contributed by atoms with Crippen molar-refractivity contribution < 1.29 is 13.9 Å². The maximum absolute atomic E-state index is 11.5. The number of esters is 1. The van der Waals surface area contributed by atoms with Crippen LogP contribution in [0.15, 0.2) is 52.4 Å². The minimum absolute atomic E-state index is 0.390. The van der Waals surface area contributed by atoms with Crippen LogP contribution >= 0.6 is 11.8 Å². The van der Waals surface area contributed by atoms with E-state index in [-0.39, 0.29) is 5.97 Å². The number of aromatic nitrogens is 2. The molecule has 21 heavy (non-hydrogen) atoms. The number of thioether (sulfide) groups is 1. The molecule has 0 fully saturated rings. The van der Waals surface area contributed by atoms with Crippen molar-refractivity contribution in [2.75, 3.05) is 7.11 Å². The Morgan fingerprint density at radius 1 is 1.29 bits per heavy atom. The Balaban J connectivity index is 1.79. The fourth-order valence-electron chi connectivity index (χ4n) is 1.83. The number of carbonyl (C=O) groups is 1. The van der Waals surface area contributed by atoms with Crippen LogP contribution in [0.25, 0.3) is 11.1 Å². The maximum Gasteiger partial charge on any atom is 0.337 e. The largest absolute Gasteiger partial charge is 0.465 e. The van der Waals surface area contributed by atoms with E-state index >= 15 is 0 Å². The molecule has 0 unspecified atom stereocenters. The quantitative estimate of drug-likeness (QED) is 0.544.